The van der Waals surface area contributed by atoms with Crippen LogP contribution in [0.15, 0.2) is 24.3 Å². The summed E-state index contributed by atoms with van der Waals surface area (Å²) in [4.78, 5) is 4.09. The topological polar surface area (TPSA) is 0 Å². The maximum Gasteiger partial charge on any atom is 0.146 e. The molecule has 26 heavy (non-hydrogen) atoms. The highest BCUT2D eigenvalue weighted by atomic mass is 32.1. The van der Waals surface area contributed by atoms with Crippen molar-refractivity contribution >= 4 is 30.7 Å². The van der Waals surface area contributed by atoms with Crippen LogP contribution < -0.4 is 0 Å². The lowest BCUT2D eigenvalue weighted by Crippen LogP contribution is -2.43. The van der Waals surface area contributed by atoms with Crippen molar-refractivity contribution < 1.29 is 0 Å². The van der Waals surface area contributed by atoms with E-state index in [4.69, 9.17) is 6.42 Å². The highest BCUT2D eigenvalue weighted by molar-refractivity contribution is 7.13. The maximum atomic E-state index is 5.41. The normalized spacial score (nSPS) is 11.1. The van der Waals surface area contributed by atoms with Gasteiger partial charge in [-0.3, -0.25) is 0 Å². The van der Waals surface area contributed by atoms with Crippen LogP contribution in [0.4, 0.5) is 0 Å². The van der Waals surface area contributed by atoms with Crippen molar-refractivity contribution in [1.82, 2.24) is 0 Å². The largest absolute Gasteiger partial charge is 0.146 e. The smallest absolute Gasteiger partial charge is 0.124 e. The average molecular weight is 395 g/mol. The minimum Gasteiger partial charge on any atom is -0.124 e. The third kappa shape index (κ3) is 4.52. The van der Waals surface area contributed by atoms with E-state index < -0.39 is 8.07 Å². The molecule has 2 aromatic rings. The lowest BCUT2D eigenvalue weighted by molar-refractivity contribution is 0.838. The molecular formula is C23H26S2Si. The van der Waals surface area contributed by atoms with Crippen LogP contribution in [0.25, 0.3) is 0 Å². The van der Waals surface area contributed by atoms with Gasteiger partial charge in [0.1, 0.15) is 8.07 Å². The Hall–Kier alpha value is -1.70. The summed E-state index contributed by atoms with van der Waals surface area (Å²) in [5.74, 6) is 12.6. The fourth-order valence-corrected chi connectivity index (χ4v) is 10.4. The molecule has 0 spiro atoms. The molecule has 0 unspecified atom stereocenters. The molecule has 0 fully saturated rings. The summed E-state index contributed by atoms with van der Waals surface area (Å²) in [6, 6.07) is 8.09. The van der Waals surface area contributed by atoms with Gasteiger partial charge < -0.3 is 0 Å². The summed E-state index contributed by atoms with van der Waals surface area (Å²) in [6.07, 6.45) is 5.41. The summed E-state index contributed by atoms with van der Waals surface area (Å²) in [5.41, 5.74) is 5.73. The number of rotatable bonds is 3. The monoisotopic (exact) mass is 394 g/mol. The Kier molecular flexibility index (Phi) is 6.97. The van der Waals surface area contributed by atoms with E-state index in [-0.39, 0.29) is 0 Å². The Balaban J connectivity index is 2.26. The second-order valence-corrected chi connectivity index (χ2v) is 15.1. The van der Waals surface area contributed by atoms with Crippen LogP contribution in [-0.2, 0) is 0 Å². The van der Waals surface area contributed by atoms with Crippen LogP contribution in [0.5, 0.6) is 0 Å². The summed E-state index contributed by atoms with van der Waals surface area (Å²) < 4.78 is 0. The van der Waals surface area contributed by atoms with Crippen LogP contribution in [0.2, 0.25) is 16.6 Å². The van der Waals surface area contributed by atoms with E-state index in [0.717, 1.165) is 19.5 Å². The van der Waals surface area contributed by atoms with Gasteiger partial charge in [0, 0.05) is 0 Å². The SMILES string of the molecule is C#Cc1ccc(C#Cc2ccc(C#C[Si](C(C)C)(C(C)C)C(C)C)s2)s1. The first-order valence-electron chi connectivity index (χ1n) is 9.01. The summed E-state index contributed by atoms with van der Waals surface area (Å²) >= 11 is 3.23. The third-order valence-electron chi connectivity index (χ3n) is 4.93. The molecule has 0 saturated carbocycles. The maximum absolute atomic E-state index is 5.41. The zero-order valence-corrected chi connectivity index (χ0v) is 19.1. The number of hydrogen-bond donors (Lipinski definition) is 0. The summed E-state index contributed by atoms with van der Waals surface area (Å²) in [5, 5.41) is 0. The Labute approximate surface area is 168 Å². The Bertz CT molecular complexity index is 889. The quantitative estimate of drug-likeness (QED) is 0.398. The molecule has 0 aromatic carbocycles. The van der Waals surface area contributed by atoms with E-state index in [0.29, 0.717) is 16.6 Å². The predicted octanol–water partition coefficient (Wildman–Crippen LogP) is 6.76. The summed E-state index contributed by atoms with van der Waals surface area (Å²) in [7, 11) is -1.68. The first kappa shape index (κ1) is 20.6. The van der Waals surface area contributed by atoms with Crippen molar-refractivity contribution in [3.8, 4) is 35.6 Å². The molecule has 0 aliphatic carbocycles. The fourth-order valence-electron chi connectivity index (χ4n) is 3.68. The van der Waals surface area contributed by atoms with E-state index in [2.05, 4.69) is 82.9 Å². The highest BCUT2D eigenvalue weighted by Gasteiger charge is 2.41. The van der Waals surface area contributed by atoms with Crippen LogP contribution in [0.1, 0.15) is 61.1 Å². The molecule has 0 N–H and O–H groups in total. The Morgan fingerprint density at radius 1 is 0.692 bits per heavy atom. The minimum atomic E-state index is -1.68. The van der Waals surface area contributed by atoms with Gasteiger partial charge >= 0.3 is 0 Å². The van der Waals surface area contributed by atoms with Gasteiger partial charge in [0.2, 0.25) is 0 Å². The lowest BCUT2D eigenvalue weighted by atomic mass is 10.4. The van der Waals surface area contributed by atoms with Crippen molar-refractivity contribution in [3.05, 3.63) is 43.8 Å². The van der Waals surface area contributed by atoms with E-state index in [1.165, 1.54) is 0 Å². The van der Waals surface area contributed by atoms with Gasteiger partial charge in [-0.25, -0.2) is 0 Å². The van der Waals surface area contributed by atoms with Gasteiger partial charge in [0.25, 0.3) is 0 Å². The molecule has 2 heterocycles. The first-order valence-corrected chi connectivity index (χ1v) is 12.9. The molecule has 2 rings (SSSR count). The average Bonchev–Trinajstić information content (AvgIpc) is 3.21. The molecule has 2 aromatic heterocycles. The molecule has 0 aliphatic heterocycles. The van der Waals surface area contributed by atoms with Crippen molar-refractivity contribution in [1.29, 1.82) is 0 Å². The Morgan fingerprint density at radius 2 is 1.08 bits per heavy atom. The summed E-state index contributed by atoms with van der Waals surface area (Å²) in [6.45, 7) is 14.1. The van der Waals surface area contributed by atoms with E-state index in [1.54, 1.807) is 22.7 Å². The molecule has 0 saturated heterocycles. The predicted molar refractivity (Wildman–Crippen MR) is 120 cm³/mol. The second kappa shape index (κ2) is 8.79. The zero-order valence-electron chi connectivity index (χ0n) is 16.4. The van der Waals surface area contributed by atoms with Crippen LogP contribution in [0.3, 0.4) is 0 Å². The molecule has 0 bridgehead atoms. The van der Waals surface area contributed by atoms with E-state index in [1.807, 2.05) is 12.1 Å². The molecular weight excluding hydrogens is 368 g/mol. The van der Waals surface area contributed by atoms with Crippen molar-refractivity contribution in [3.63, 3.8) is 0 Å². The van der Waals surface area contributed by atoms with E-state index >= 15 is 0 Å². The standard InChI is InChI=1S/C23H26S2Si/c1-8-20-9-10-21(24-20)11-12-22-13-14-23(25-22)15-16-26(17(2)3,18(4)5)19(6)7/h1,9-10,13-14,17-19H,2-7H3. The third-order valence-corrected chi connectivity index (χ3v) is 13.1. The first-order chi connectivity index (χ1) is 12.3. The zero-order chi connectivity index (χ0) is 19.3. The second-order valence-electron chi connectivity index (χ2n) is 7.37. The fraction of sp³-hybridized carbons (Fsp3) is 0.391. The lowest BCUT2D eigenvalue weighted by Gasteiger charge is -2.38. The number of thiophene rings is 2. The number of hydrogen-bond acceptors (Lipinski definition) is 2. The van der Waals surface area contributed by atoms with Gasteiger partial charge in [-0.05, 0) is 52.7 Å². The van der Waals surface area contributed by atoms with Crippen LogP contribution >= 0.6 is 22.7 Å². The Morgan fingerprint density at radius 3 is 1.46 bits per heavy atom. The van der Waals surface area contributed by atoms with Crippen molar-refractivity contribution in [2.24, 2.45) is 0 Å². The molecule has 3 heteroatoms. The molecule has 0 nitrogen and oxygen atoms in total. The molecule has 134 valence electrons. The van der Waals surface area contributed by atoms with Crippen LogP contribution in [-0.4, -0.2) is 8.07 Å². The number of terminal acetylenes is 1. The van der Waals surface area contributed by atoms with Gasteiger partial charge in [0.05, 0.1) is 19.5 Å². The minimum absolute atomic E-state index is 0.651. The molecule has 0 atom stereocenters. The van der Waals surface area contributed by atoms with Gasteiger partial charge in [-0.1, -0.05) is 53.4 Å². The van der Waals surface area contributed by atoms with E-state index in [9.17, 15) is 0 Å². The molecule has 0 amide bonds. The van der Waals surface area contributed by atoms with Crippen molar-refractivity contribution in [2.75, 3.05) is 0 Å². The van der Waals surface area contributed by atoms with Crippen LogP contribution in [0, 0.1) is 35.6 Å². The van der Waals surface area contributed by atoms with Gasteiger partial charge in [0.15, 0.2) is 0 Å². The van der Waals surface area contributed by atoms with Gasteiger partial charge in [-0.2, -0.15) is 0 Å². The molecule has 0 aliphatic rings. The van der Waals surface area contributed by atoms with Crippen molar-refractivity contribution in [2.45, 2.75) is 58.2 Å². The van der Waals surface area contributed by atoms with Gasteiger partial charge in [-0.15, -0.1) is 34.6 Å². The molecule has 0 radical (unpaired) electrons. The highest BCUT2D eigenvalue weighted by Crippen LogP contribution is 2.40.